The molecule has 0 amide bonds. The summed E-state index contributed by atoms with van der Waals surface area (Å²) in [5, 5.41) is 3.68. The van der Waals surface area contributed by atoms with Gasteiger partial charge in [0.15, 0.2) is 0 Å². The zero-order valence-corrected chi connectivity index (χ0v) is 14.1. The average molecular weight is 309 g/mol. The van der Waals surface area contributed by atoms with Crippen LogP contribution in [0.15, 0.2) is 18.2 Å². The van der Waals surface area contributed by atoms with Gasteiger partial charge in [0, 0.05) is 6.04 Å². The van der Waals surface area contributed by atoms with Crippen LogP contribution in [-0.4, -0.2) is 24.1 Å². The van der Waals surface area contributed by atoms with Gasteiger partial charge < -0.3 is 5.32 Å². The van der Waals surface area contributed by atoms with E-state index in [1.165, 1.54) is 36.3 Å². The Kier molecular flexibility index (Phi) is 7.05. The van der Waals surface area contributed by atoms with Crippen molar-refractivity contribution in [2.75, 3.05) is 18.1 Å². The summed E-state index contributed by atoms with van der Waals surface area (Å²) in [7, 11) is 0. The number of nitrogens with one attached hydrogen (secondary N) is 1. The molecule has 0 spiro atoms. The lowest BCUT2D eigenvalue weighted by molar-refractivity contribution is 0.362. The summed E-state index contributed by atoms with van der Waals surface area (Å²) in [4.78, 5) is 0. The van der Waals surface area contributed by atoms with Gasteiger partial charge in [-0.05, 0) is 86.3 Å². The van der Waals surface area contributed by atoms with Crippen LogP contribution in [0.3, 0.4) is 0 Å². The third kappa shape index (κ3) is 5.63. The molecule has 1 aromatic rings. The molecule has 1 nitrogen and oxygen atoms in total. The van der Waals surface area contributed by atoms with Gasteiger partial charge in [0.2, 0.25) is 0 Å². The van der Waals surface area contributed by atoms with Gasteiger partial charge in [0.1, 0.15) is 5.82 Å². The minimum atomic E-state index is -0.112. The summed E-state index contributed by atoms with van der Waals surface area (Å²) in [6, 6.07) is 5.66. The SMILES string of the molecule is CCCNC(Cc1cc(F)ccc1C)CC1CCSCC1. The minimum absolute atomic E-state index is 0.112. The van der Waals surface area contributed by atoms with Crippen LogP contribution in [0.2, 0.25) is 0 Å². The van der Waals surface area contributed by atoms with Crippen LogP contribution >= 0.6 is 11.8 Å². The first-order valence-electron chi connectivity index (χ1n) is 8.25. The topological polar surface area (TPSA) is 12.0 Å². The molecule has 21 heavy (non-hydrogen) atoms. The number of thioether (sulfide) groups is 1. The second-order valence-electron chi connectivity index (χ2n) is 6.22. The fourth-order valence-corrected chi connectivity index (χ4v) is 4.30. The first kappa shape index (κ1) is 16.8. The first-order chi connectivity index (χ1) is 10.2. The van der Waals surface area contributed by atoms with Crippen molar-refractivity contribution in [3.05, 3.63) is 35.1 Å². The Bertz CT molecular complexity index is 429. The lowest BCUT2D eigenvalue weighted by Crippen LogP contribution is -2.34. The summed E-state index contributed by atoms with van der Waals surface area (Å²) in [6.45, 7) is 5.35. The van der Waals surface area contributed by atoms with Crippen molar-refractivity contribution in [3.8, 4) is 0 Å². The molecule has 0 saturated carbocycles. The van der Waals surface area contributed by atoms with Crippen molar-refractivity contribution in [1.82, 2.24) is 5.32 Å². The minimum Gasteiger partial charge on any atom is -0.314 e. The van der Waals surface area contributed by atoms with Gasteiger partial charge in [-0.2, -0.15) is 11.8 Å². The number of hydrogen-bond donors (Lipinski definition) is 1. The van der Waals surface area contributed by atoms with Crippen molar-refractivity contribution in [3.63, 3.8) is 0 Å². The van der Waals surface area contributed by atoms with Crippen LogP contribution in [-0.2, 0) is 6.42 Å². The first-order valence-corrected chi connectivity index (χ1v) is 9.40. The third-order valence-electron chi connectivity index (χ3n) is 4.42. The molecule has 1 heterocycles. The van der Waals surface area contributed by atoms with E-state index in [1.807, 2.05) is 6.07 Å². The summed E-state index contributed by atoms with van der Waals surface area (Å²) in [5.41, 5.74) is 2.37. The Balaban J connectivity index is 1.98. The summed E-state index contributed by atoms with van der Waals surface area (Å²) in [5.74, 6) is 3.35. The molecule has 0 bridgehead atoms. The maximum absolute atomic E-state index is 13.5. The Morgan fingerprint density at radius 2 is 2.10 bits per heavy atom. The second kappa shape index (κ2) is 8.79. The molecule has 0 radical (unpaired) electrons. The van der Waals surface area contributed by atoms with E-state index in [4.69, 9.17) is 0 Å². The molecule has 1 aromatic carbocycles. The number of halogens is 1. The zero-order chi connectivity index (χ0) is 15.1. The lowest BCUT2D eigenvalue weighted by Gasteiger charge is -2.27. The Hall–Kier alpha value is -0.540. The molecule has 2 rings (SSSR count). The molecule has 1 fully saturated rings. The van der Waals surface area contributed by atoms with E-state index < -0.39 is 0 Å². The van der Waals surface area contributed by atoms with Crippen LogP contribution in [0.4, 0.5) is 4.39 Å². The number of rotatable bonds is 7. The molecule has 1 atom stereocenters. The highest BCUT2D eigenvalue weighted by Crippen LogP contribution is 2.27. The Labute approximate surface area is 133 Å². The highest BCUT2D eigenvalue weighted by Gasteiger charge is 2.19. The van der Waals surface area contributed by atoms with Crippen molar-refractivity contribution < 1.29 is 4.39 Å². The van der Waals surface area contributed by atoms with Crippen LogP contribution in [0.25, 0.3) is 0 Å². The standard InChI is InChI=1S/C18H28FNS/c1-3-8-20-18(11-15-6-9-21-10-7-15)13-16-12-17(19)5-4-14(16)2/h4-5,12,15,18,20H,3,6-11,13H2,1-2H3. The van der Waals surface area contributed by atoms with Crippen molar-refractivity contribution in [2.45, 2.75) is 52.0 Å². The van der Waals surface area contributed by atoms with E-state index in [0.29, 0.717) is 6.04 Å². The fraction of sp³-hybridized carbons (Fsp3) is 0.667. The van der Waals surface area contributed by atoms with E-state index in [2.05, 4.69) is 30.9 Å². The van der Waals surface area contributed by atoms with Crippen molar-refractivity contribution in [2.24, 2.45) is 5.92 Å². The summed E-state index contributed by atoms with van der Waals surface area (Å²) < 4.78 is 13.5. The largest absolute Gasteiger partial charge is 0.314 e. The number of aryl methyl sites for hydroxylation is 1. The monoisotopic (exact) mass is 309 g/mol. The molecule has 0 aromatic heterocycles. The maximum Gasteiger partial charge on any atom is 0.123 e. The fourth-order valence-electron chi connectivity index (χ4n) is 3.10. The molecular formula is C18H28FNS. The van der Waals surface area contributed by atoms with Crippen LogP contribution < -0.4 is 5.32 Å². The van der Waals surface area contributed by atoms with Gasteiger partial charge in [-0.25, -0.2) is 4.39 Å². The van der Waals surface area contributed by atoms with Crippen LogP contribution in [0, 0.1) is 18.7 Å². The van der Waals surface area contributed by atoms with E-state index >= 15 is 0 Å². The lowest BCUT2D eigenvalue weighted by atomic mass is 9.90. The highest BCUT2D eigenvalue weighted by atomic mass is 32.2. The highest BCUT2D eigenvalue weighted by molar-refractivity contribution is 7.99. The predicted molar refractivity (Wildman–Crippen MR) is 91.6 cm³/mol. The molecule has 1 saturated heterocycles. The zero-order valence-electron chi connectivity index (χ0n) is 13.3. The van der Waals surface area contributed by atoms with Crippen molar-refractivity contribution >= 4 is 11.8 Å². The van der Waals surface area contributed by atoms with E-state index in [0.717, 1.165) is 30.9 Å². The van der Waals surface area contributed by atoms with Crippen molar-refractivity contribution in [1.29, 1.82) is 0 Å². The van der Waals surface area contributed by atoms with Gasteiger partial charge in [-0.15, -0.1) is 0 Å². The van der Waals surface area contributed by atoms with E-state index in [9.17, 15) is 4.39 Å². The molecule has 0 aliphatic carbocycles. The van der Waals surface area contributed by atoms with Gasteiger partial charge in [-0.1, -0.05) is 13.0 Å². The Morgan fingerprint density at radius 3 is 2.81 bits per heavy atom. The third-order valence-corrected chi connectivity index (χ3v) is 5.47. The molecule has 1 N–H and O–H groups in total. The predicted octanol–water partition coefficient (Wildman–Crippen LogP) is 4.58. The summed E-state index contributed by atoms with van der Waals surface area (Å²) in [6.07, 6.45) is 6.02. The number of benzene rings is 1. The molecular weight excluding hydrogens is 281 g/mol. The molecule has 1 aliphatic heterocycles. The van der Waals surface area contributed by atoms with Crippen LogP contribution in [0.5, 0.6) is 0 Å². The average Bonchev–Trinajstić information content (AvgIpc) is 2.49. The van der Waals surface area contributed by atoms with Gasteiger partial charge in [0.25, 0.3) is 0 Å². The molecule has 118 valence electrons. The maximum atomic E-state index is 13.5. The normalized spacial score (nSPS) is 17.9. The second-order valence-corrected chi connectivity index (χ2v) is 7.44. The van der Waals surface area contributed by atoms with Gasteiger partial charge >= 0.3 is 0 Å². The van der Waals surface area contributed by atoms with E-state index in [-0.39, 0.29) is 5.82 Å². The van der Waals surface area contributed by atoms with Gasteiger partial charge in [0.05, 0.1) is 0 Å². The van der Waals surface area contributed by atoms with Crippen LogP contribution in [0.1, 0.15) is 43.7 Å². The molecule has 3 heteroatoms. The summed E-state index contributed by atoms with van der Waals surface area (Å²) >= 11 is 2.08. The smallest absolute Gasteiger partial charge is 0.123 e. The molecule has 1 aliphatic rings. The van der Waals surface area contributed by atoms with Gasteiger partial charge in [-0.3, -0.25) is 0 Å². The van der Waals surface area contributed by atoms with E-state index in [1.54, 1.807) is 12.1 Å². The quantitative estimate of drug-likeness (QED) is 0.791. The molecule has 1 unspecified atom stereocenters. The Morgan fingerprint density at radius 1 is 1.33 bits per heavy atom. The number of hydrogen-bond acceptors (Lipinski definition) is 2.